The number of halogens is 1. The molecule has 1 unspecified atom stereocenters. The molecule has 7 nitrogen and oxygen atoms in total. The van der Waals surface area contributed by atoms with Crippen molar-refractivity contribution in [2.45, 2.75) is 39.3 Å². The van der Waals surface area contributed by atoms with E-state index in [1.165, 1.54) is 24.0 Å². The summed E-state index contributed by atoms with van der Waals surface area (Å²) in [4.78, 5) is 28.0. The van der Waals surface area contributed by atoms with Crippen LogP contribution in [-0.2, 0) is 32.6 Å². The number of sulfonamides is 1. The van der Waals surface area contributed by atoms with Gasteiger partial charge in [0.15, 0.2) is 0 Å². The lowest BCUT2D eigenvalue weighted by Gasteiger charge is -2.46. The van der Waals surface area contributed by atoms with Crippen LogP contribution >= 0.6 is 0 Å². The molecule has 32 heavy (non-hydrogen) atoms. The summed E-state index contributed by atoms with van der Waals surface area (Å²) < 4.78 is 39.4. The molecule has 0 bridgehead atoms. The first-order valence-electron chi connectivity index (χ1n) is 10.5. The fraction of sp³-hybridized carbons (Fsp3) is 0.391. The minimum atomic E-state index is -3.68. The van der Waals surface area contributed by atoms with Gasteiger partial charge >= 0.3 is 0 Å². The second-order valence-electron chi connectivity index (χ2n) is 8.00. The largest absolute Gasteiger partial charge is 0.350 e. The van der Waals surface area contributed by atoms with Crippen molar-refractivity contribution < 1.29 is 22.4 Å². The number of nitrogens with one attached hydrogen (secondary N) is 1. The van der Waals surface area contributed by atoms with Gasteiger partial charge < -0.3 is 5.32 Å². The number of aryl methyl sites for hydroxylation is 1. The van der Waals surface area contributed by atoms with E-state index in [9.17, 15) is 22.4 Å². The van der Waals surface area contributed by atoms with Crippen molar-refractivity contribution in [2.24, 2.45) is 0 Å². The van der Waals surface area contributed by atoms with E-state index in [0.29, 0.717) is 11.3 Å². The SMILES string of the molecule is CCc1cccc(N2C(=O)CN(S(=O)(=O)CC)CC2(C)C(=O)NCc2ccc(F)cc2)c1. The summed E-state index contributed by atoms with van der Waals surface area (Å²) in [5, 5.41) is 2.79. The van der Waals surface area contributed by atoms with Gasteiger partial charge in [0.05, 0.1) is 12.3 Å². The lowest BCUT2D eigenvalue weighted by atomic mass is 9.94. The number of hydrogen-bond donors (Lipinski definition) is 1. The van der Waals surface area contributed by atoms with E-state index in [1.807, 2.05) is 25.1 Å². The van der Waals surface area contributed by atoms with Gasteiger partial charge in [-0.05, 0) is 55.7 Å². The smallest absolute Gasteiger partial charge is 0.247 e. The molecule has 2 aromatic carbocycles. The fourth-order valence-electron chi connectivity index (χ4n) is 3.84. The van der Waals surface area contributed by atoms with Gasteiger partial charge in [-0.2, -0.15) is 4.31 Å². The Bertz CT molecular complexity index is 1100. The van der Waals surface area contributed by atoms with Crippen molar-refractivity contribution in [3.8, 4) is 0 Å². The van der Waals surface area contributed by atoms with Gasteiger partial charge in [0.2, 0.25) is 21.8 Å². The lowest BCUT2D eigenvalue weighted by Crippen LogP contribution is -2.70. The number of piperazine rings is 1. The maximum Gasteiger partial charge on any atom is 0.247 e. The minimum absolute atomic E-state index is 0.117. The molecule has 3 rings (SSSR count). The number of carbonyl (C=O) groups excluding carboxylic acids is 2. The predicted octanol–water partition coefficient (Wildman–Crippen LogP) is 2.46. The molecule has 1 N–H and O–H groups in total. The third kappa shape index (κ3) is 4.83. The molecule has 0 radical (unpaired) electrons. The second kappa shape index (κ2) is 9.38. The number of hydrogen-bond acceptors (Lipinski definition) is 4. The summed E-state index contributed by atoms with van der Waals surface area (Å²) in [6.07, 6.45) is 0.750. The van der Waals surface area contributed by atoms with Gasteiger partial charge in [-0.25, -0.2) is 12.8 Å². The Morgan fingerprint density at radius 3 is 2.44 bits per heavy atom. The molecule has 0 aliphatic carbocycles. The van der Waals surface area contributed by atoms with Crippen molar-refractivity contribution in [3.63, 3.8) is 0 Å². The molecule has 0 spiro atoms. The maximum absolute atomic E-state index is 13.4. The fourth-order valence-corrected chi connectivity index (χ4v) is 4.96. The van der Waals surface area contributed by atoms with Crippen molar-refractivity contribution in [2.75, 3.05) is 23.7 Å². The van der Waals surface area contributed by atoms with E-state index < -0.39 is 27.4 Å². The highest BCUT2D eigenvalue weighted by Crippen LogP contribution is 2.31. The average molecular weight is 462 g/mol. The molecule has 1 fully saturated rings. The highest BCUT2D eigenvalue weighted by atomic mass is 32.2. The van der Waals surface area contributed by atoms with E-state index in [0.717, 1.165) is 16.3 Å². The van der Waals surface area contributed by atoms with Crippen LogP contribution in [0.5, 0.6) is 0 Å². The zero-order valence-electron chi connectivity index (χ0n) is 18.5. The van der Waals surface area contributed by atoms with Gasteiger partial charge in [-0.3, -0.25) is 14.5 Å². The highest BCUT2D eigenvalue weighted by Gasteiger charge is 2.50. The molecule has 172 valence electrons. The third-order valence-corrected chi connectivity index (χ3v) is 7.50. The van der Waals surface area contributed by atoms with Crippen LogP contribution in [0.15, 0.2) is 48.5 Å². The predicted molar refractivity (Wildman–Crippen MR) is 121 cm³/mol. The Morgan fingerprint density at radius 2 is 1.81 bits per heavy atom. The van der Waals surface area contributed by atoms with Crippen molar-refractivity contribution in [1.82, 2.24) is 9.62 Å². The molecular formula is C23H28FN3O4S. The Labute approximate surface area is 188 Å². The van der Waals surface area contributed by atoms with Crippen molar-refractivity contribution in [1.29, 1.82) is 0 Å². The van der Waals surface area contributed by atoms with Crippen LogP contribution in [0.2, 0.25) is 0 Å². The summed E-state index contributed by atoms with van der Waals surface area (Å²) in [6, 6.07) is 13.0. The highest BCUT2D eigenvalue weighted by molar-refractivity contribution is 7.89. The minimum Gasteiger partial charge on any atom is -0.350 e. The Hall–Kier alpha value is -2.78. The Kier molecular flexibility index (Phi) is 7.00. The summed E-state index contributed by atoms with van der Waals surface area (Å²) in [7, 11) is -3.68. The van der Waals surface area contributed by atoms with Gasteiger partial charge in [0, 0.05) is 18.8 Å². The quantitative estimate of drug-likeness (QED) is 0.686. The summed E-state index contributed by atoms with van der Waals surface area (Å²) in [5.41, 5.74) is 0.752. The number of carbonyl (C=O) groups is 2. The first kappa shape index (κ1) is 23.9. The van der Waals surface area contributed by atoms with E-state index in [2.05, 4.69) is 5.32 Å². The normalized spacial score (nSPS) is 19.8. The maximum atomic E-state index is 13.4. The zero-order valence-corrected chi connectivity index (χ0v) is 19.3. The van der Waals surface area contributed by atoms with Crippen LogP contribution < -0.4 is 10.2 Å². The molecule has 2 aromatic rings. The molecule has 9 heteroatoms. The summed E-state index contributed by atoms with van der Waals surface area (Å²) in [5.74, 6) is -1.51. The standard InChI is InChI=1S/C23H28FN3O4S/c1-4-17-7-6-8-20(13-17)27-21(28)15-26(32(30,31)5-2)16-23(27,3)22(29)25-14-18-9-11-19(24)12-10-18/h6-13H,4-5,14-16H2,1-3H3,(H,25,29). The van der Waals surface area contributed by atoms with E-state index in [1.54, 1.807) is 25.1 Å². The van der Waals surface area contributed by atoms with E-state index in [-0.39, 0.29) is 31.2 Å². The Balaban J connectivity index is 1.97. The first-order chi connectivity index (χ1) is 15.1. The molecule has 1 saturated heterocycles. The first-order valence-corrected chi connectivity index (χ1v) is 12.1. The van der Waals surface area contributed by atoms with Crippen molar-refractivity contribution >= 4 is 27.5 Å². The molecule has 0 saturated carbocycles. The molecule has 1 atom stereocenters. The van der Waals surface area contributed by atoms with Crippen molar-refractivity contribution in [3.05, 3.63) is 65.5 Å². The van der Waals surface area contributed by atoms with Gasteiger partial charge in [0.1, 0.15) is 11.4 Å². The number of nitrogens with zero attached hydrogens (tertiary/aromatic N) is 2. The van der Waals surface area contributed by atoms with Crippen LogP contribution in [-0.4, -0.2) is 48.9 Å². The van der Waals surface area contributed by atoms with Crippen LogP contribution in [0.4, 0.5) is 10.1 Å². The lowest BCUT2D eigenvalue weighted by molar-refractivity contribution is -0.133. The second-order valence-corrected chi connectivity index (χ2v) is 10.3. The molecule has 1 aliphatic heterocycles. The van der Waals surface area contributed by atoms with E-state index >= 15 is 0 Å². The molecule has 1 aliphatic rings. The van der Waals surface area contributed by atoms with Gasteiger partial charge in [-0.15, -0.1) is 0 Å². The summed E-state index contributed by atoms with van der Waals surface area (Å²) in [6.45, 7) is 4.69. The van der Waals surface area contributed by atoms with Gasteiger partial charge in [-0.1, -0.05) is 31.2 Å². The molecular weight excluding hydrogens is 433 g/mol. The average Bonchev–Trinajstić information content (AvgIpc) is 2.78. The number of amides is 2. The zero-order chi connectivity index (χ0) is 23.5. The summed E-state index contributed by atoms with van der Waals surface area (Å²) >= 11 is 0. The number of benzene rings is 2. The molecule has 0 aromatic heterocycles. The van der Waals surface area contributed by atoms with E-state index in [4.69, 9.17) is 0 Å². The monoisotopic (exact) mass is 461 g/mol. The Morgan fingerprint density at radius 1 is 1.12 bits per heavy atom. The third-order valence-electron chi connectivity index (χ3n) is 5.73. The topological polar surface area (TPSA) is 86.8 Å². The molecule has 2 amide bonds. The number of rotatable bonds is 7. The molecule has 1 heterocycles. The van der Waals surface area contributed by atoms with Crippen LogP contribution in [0.25, 0.3) is 0 Å². The van der Waals surface area contributed by atoms with Gasteiger partial charge in [0.25, 0.3) is 0 Å². The van der Waals surface area contributed by atoms with Crippen LogP contribution in [0.3, 0.4) is 0 Å². The van der Waals surface area contributed by atoms with Crippen LogP contribution in [0.1, 0.15) is 31.9 Å². The number of anilines is 1. The van der Waals surface area contributed by atoms with Crippen LogP contribution in [0, 0.1) is 5.82 Å².